The second-order valence-electron chi connectivity index (χ2n) is 9.22. The molecular weight excluding hydrogens is 558 g/mol. The molecule has 8 nitrogen and oxygen atoms in total. The van der Waals surface area contributed by atoms with Gasteiger partial charge >= 0.3 is 0 Å². The lowest BCUT2D eigenvalue weighted by atomic mass is 10.0. The number of nitrogens with zero attached hydrogens (tertiary/aromatic N) is 1. The van der Waals surface area contributed by atoms with Crippen LogP contribution in [0.5, 0.6) is 0 Å². The number of hydrogen-bond acceptors (Lipinski definition) is 5. The lowest BCUT2D eigenvalue weighted by Crippen LogP contribution is -2.40. The van der Waals surface area contributed by atoms with Crippen LogP contribution in [0, 0.1) is 13.8 Å². The van der Waals surface area contributed by atoms with Gasteiger partial charge in [0.25, 0.3) is 20.0 Å². The van der Waals surface area contributed by atoms with Crippen molar-refractivity contribution < 1.29 is 21.6 Å². The van der Waals surface area contributed by atoms with E-state index in [1.54, 1.807) is 48.5 Å². The maximum Gasteiger partial charge on any atom is 0.265 e. The molecule has 2 N–H and O–H groups in total. The summed E-state index contributed by atoms with van der Waals surface area (Å²) >= 11 is 6.18. The molecule has 5 rings (SSSR count). The Morgan fingerprint density at radius 2 is 1.51 bits per heavy atom. The number of amides is 1. The maximum absolute atomic E-state index is 13.4. The van der Waals surface area contributed by atoms with Gasteiger partial charge < -0.3 is 5.32 Å². The minimum atomic E-state index is -4.02. The molecule has 0 radical (unpaired) electrons. The standard InChI is InChI=1S/C28H24ClN3O5S2/c1-18-13-19(2)15-22(14-18)31-38(34,35)23-10-8-21(9-11-23)30-28(33)17-32-26-12-7-20(29)16-25(26)24-5-3-4-6-27(24)39(32,36)37/h3-16,31H,17H2,1-2H3,(H,30,33). The first-order chi connectivity index (χ1) is 18.4. The van der Waals surface area contributed by atoms with Crippen LogP contribution in [0.1, 0.15) is 11.1 Å². The zero-order valence-corrected chi connectivity index (χ0v) is 23.4. The quantitative estimate of drug-likeness (QED) is 0.309. The Hall–Kier alpha value is -3.86. The fourth-order valence-electron chi connectivity index (χ4n) is 4.57. The summed E-state index contributed by atoms with van der Waals surface area (Å²) in [5.74, 6) is -0.595. The van der Waals surface area contributed by atoms with Gasteiger partial charge in [0.2, 0.25) is 5.91 Å². The SMILES string of the molecule is Cc1cc(C)cc(NS(=O)(=O)c2ccc(NC(=O)CN3c4ccc(Cl)cc4-c4ccccc4S3(=O)=O)cc2)c1. The number of anilines is 3. The molecule has 0 spiro atoms. The largest absolute Gasteiger partial charge is 0.325 e. The molecule has 39 heavy (non-hydrogen) atoms. The molecule has 200 valence electrons. The number of halogens is 1. The molecule has 0 bridgehead atoms. The van der Waals surface area contributed by atoms with E-state index in [-0.39, 0.29) is 9.79 Å². The number of sulfonamides is 2. The number of benzene rings is 4. The molecule has 0 aromatic heterocycles. The van der Waals surface area contributed by atoms with E-state index in [0.717, 1.165) is 15.4 Å². The van der Waals surface area contributed by atoms with E-state index < -0.39 is 32.5 Å². The monoisotopic (exact) mass is 581 g/mol. The summed E-state index contributed by atoms with van der Waals surface area (Å²) in [6.45, 7) is 3.27. The number of hydrogen-bond donors (Lipinski definition) is 2. The van der Waals surface area contributed by atoms with E-state index in [1.165, 1.54) is 30.3 Å². The van der Waals surface area contributed by atoms with Crippen molar-refractivity contribution in [2.75, 3.05) is 20.9 Å². The molecule has 0 saturated heterocycles. The van der Waals surface area contributed by atoms with Gasteiger partial charge in [0.1, 0.15) is 6.54 Å². The van der Waals surface area contributed by atoms with E-state index in [2.05, 4.69) is 10.0 Å². The maximum atomic E-state index is 13.4. The Morgan fingerprint density at radius 1 is 0.846 bits per heavy atom. The summed E-state index contributed by atoms with van der Waals surface area (Å²) in [5.41, 5.74) is 4.08. The molecule has 1 aliphatic rings. The predicted octanol–water partition coefficient (Wildman–Crippen LogP) is 5.57. The van der Waals surface area contributed by atoms with Gasteiger partial charge in [-0.2, -0.15) is 0 Å². The van der Waals surface area contributed by atoms with Crippen LogP contribution in [0.4, 0.5) is 17.1 Å². The third kappa shape index (κ3) is 5.36. The van der Waals surface area contributed by atoms with Crippen molar-refractivity contribution in [3.63, 3.8) is 0 Å². The van der Waals surface area contributed by atoms with Crippen molar-refractivity contribution in [1.82, 2.24) is 0 Å². The van der Waals surface area contributed by atoms with Gasteiger partial charge in [-0.1, -0.05) is 35.9 Å². The van der Waals surface area contributed by atoms with Crippen molar-refractivity contribution >= 4 is 54.6 Å². The van der Waals surface area contributed by atoms with E-state index in [0.29, 0.717) is 33.2 Å². The van der Waals surface area contributed by atoms with Crippen LogP contribution in [0.2, 0.25) is 5.02 Å². The highest BCUT2D eigenvalue weighted by molar-refractivity contribution is 7.93. The van der Waals surface area contributed by atoms with Crippen molar-refractivity contribution in [3.05, 3.63) is 101 Å². The van der Waals surface area contributed by atoms with Gasteiger partial charge in [-0.3, -0.25) is 13.8 Å². The van der Waals surface area contributed by atoms with E-state index in [1.807, 2.05) is 19.9 Å². The van der Waals surface area contributed by atoms with Gasteiger partial charge in [0.05, 0.1) is 15.5 Å². The number of rotatable bonds is 6. The van der Waals surface area contributed by atoms with Crippen molar-refractivity contribution in [2.24, 2.45) is 0 Å². The second-order valence-corrected chi connectivity index (χ2v) is 13.2. The first kappa shape index (κ1) is 26.7. The first-order valence-corrected chi connectivity index (χ1v) is 15.2. The Balaban J connectivity index is 1.35. The number of aryl methyl sites for hydroxylation is 2. The van der Waals surface area contributed by atoms with Crippen molar-refractivity contribution in [2.45, 2.75) is 23.6 Å². The molecule has 1 heterocycles. The lowest BCUT2D eigenvalue weighted by Gasteiger charge is -2.31. The van der Waals surface area contributed by atoms with Gasteiger partial charge in [-0.15, -0.1) is 0 Å². The number of carbonyl (C=O) groups excluding carboxylic acids is 1. The molecule has 0 fully saturated rings. The number of nitrogens with one attached hydrogen (secondary N) is 2. The molecule has 11 heteroatoms. The Bertz CT molecular complexity index is 1800. The highest BCUT2D eigenvalue weighted by Crippen LogP contribution is 2.43. The minimum Gasteiger partial charge on any atom is -0.325 e. The second kappa shape index (κ2) is 10.0. The predicted molar refractivity (Wildman–Crippen MR) is 153 cm³/mol. The van der Waals surface area contributed by atoms with Gasteiger partial charge in [-0.25, -0.2) is 16.8 Å². The van der Waals surface area contributed by atoms with Crippen LogP contribution in [0.25, 0.3) is 11.1 Å². The van der Waals surface area contributed by atoms with Crippen LogP contribution in [0.3, 0.4) is 0 Å². The van der Waals surface area contributed by atoms with Crippen LogP contribution in [-0.4, -0.2) is 29.3 Å². The van der Waals surface area contributed by atoms with E-state index in [9.17, 15) is 21.6 Å². The summed E-state index contributed by atoms with van der Waals surface area (Å²) in [6, 6.07) is 22.4. The highest BCUT2D eigenvalue weighted by atomic mass is 35.5. The molecule has 1 amide bonds. The highest BCUT2D eigenvalue weighted by Gasteiger charge is 2.36. The van der Waals surface area contributed by atoms with Crippen molar-refractivity contribution in [1.29, 1.82) is 0 Å². The lowest BCUT2D eigenvalue weighted by molar-refractivity contribution is -0.114. The topological polar surface area (TPSA) is 113 Å². The minimum absolute atomic E-state index is 0.0145. The Labute approximate surface area is 232 Å². The van der Waals surface area contributed by atoms with Gasteiger partial charge in [-0.05, 0) is 85.6 Å². The fourth-order valence-corrected chi connectivity index (χ4v) is 7.43. The third-order valence-corrected chi connectivity index (χ3v) is 9.63. The average Bonchev–Trinajstić information content (AvgIpc) is 2.86. The normalized spacial score (nSPS) is 13.8. The molecular formula is C28H24ClN3O5S2. The van der Waals surface area contributed by atoms with E-state index in [4.69, 9.17) is 11.6 Å². The first-order valence-electron chi connectivity index (χ1n) is 11.9. The van der Waals surface area contributed by atoms with Crippen LogP contribution < -0.4 is 14.3 Å². The number of carbonyl (C=O) groups is 1. The van der Waals surface area contributed by atoms with Crippen LogP contribution in [-0.2, 0) is 24.8 Å². The Kier molecular flexibility index (Phi) is 6.88. The third-order valence-electron chi connectivity index (χ3n) is 6.18. The number of fused-ring (bicyclic) bond motifs is 3. The van der Waals surface area contributed by atoms with Gasteiger partial charge in [0, 0.05) is 27.5 Å². The summed E-state index contributed by atoms with van der Waals surface area (Å²) in [5, 5.41) is 3.09. The molecule has 4 aromatic carbocycles. The van der Waals surface area contributed by atoms with Crippen LogP contribution >= 0.6 is 11.6 Å². The van der Waals surface area contributed by atoms with Crippen molar-refractivity contribution in [3.8, 4) is 11.1 Å². The smallest absolute Gasteiger partial charge is 0.265 e. The summed E-state index contributed by atoms with van der Waals surface area (Å²) in [4.78, 5) is 13.1. The molecule has 1 aliphatic heterocycles. The zero-order chi connectivity index (χ0) is 27.9. The average molecular weight is 582 g/mol. The zero-order valence-electron chi connectivity index (χ0n) is 21.0. The summed E-state index contributed by atoms with van der Waals surface area (Å²) in [7, 11) is -7.87. The Morgan fingerprint density at radius 3 is 2.21 bits per heavy atom. The molecule has 0 unspecified atom stereocenters. The molecule has 0 atom stereocenters. The van der Waals surface area contributed by atoms with Gasteiger partial charge in [0.15, 0.2) is 0 Å². The molecule has 0 saturated carbocycles. The summed E-state index contributed by atoms with van der Waals surface area (Å²) in [6.07, 6.45) is 0. The summed E-state index contributed by atoms with van der Waals surface area (Å²) < 4.78 is 56.2. The molecule has 4 aromatic rings. The fraction of sp³-hybridized carbons (Fsp3) is 0.107. The molecule has 0 aliphatic carbocycles. The van der Waals surface area contributed by atoms with E-state index >= 15 is 0 Å². The van der Waals surface area contributed by atoms with Crippen LogP contribution in [0.15, 0.2) is 94.7 Å².